The molecule has 6 atom stereocenters. The van der Waals surface area contributed by atoms with Crippen molar-refractivity contribution in [3.8, 4) is 11.4 Å². The van der Waals surface area contributed by atoms with Gasteiger partial charge in [0, 0.05) is 72.9 Å². The van der Waals surface area contributed by atoms with Gasteiger partial charge in [0.15, 0.2) is 0 Å². The fourth-order valence-corrected chi connectivity index (χ4v) is 10.3. The lowest BCUT2D eigenvalue weighted by molar-refractivity contribution is -0.139. The van der Waals surface area contributed by atoms with E-state index in [0.717, 1.165) is 70.0 Å². The second-order valence-electron chi connectivity index (χ2n) is 20.5. The van der Waals surface area contributed by atoms with Crippen LogP contribution < -0.4 is 31.9 Å². The summed E-state index contributed by atoms with van der Waals surface area (Å²) < 4.78 is 3.98. The van der Waals surface area contributed by atoms with Crippen LogP contribution in [-0.4, -0.2) is 129 Å². The smallest absolute Gasteiger partial charge is 0.251 e. The van der Waals surface area contributed by atoms with Gasteiger partial charge >= 0.3 is 0 Å². The molecule has 0 radical (unpaired) electrons. The summed E-state index contributed by atoms with van der Waals surface area (Å²) in [6, 6.07) is 16.5. The Morgan fingerprint density at radius 3 is 1.37 bits per heavy atom. The molecule has 2 aromatic carbocycles. The molecule has 0 saturated carbocycles. The highest BCUT2D eigenvalue weighted by molar-refractivity contribution is 6.08. The Hall–Kier alpha value is -7.44. The first-order chi connectivity index (χ1) is 36.1. The highest BCUT2D eigenvalue weighted by Crippen LogP contribution is 2.36. The second-order valence-corrected chi connectivity index (χ2v) is 20.5. The summed E-state index contributed by atoms with van der Waals surface area (Å²) in [6.07, 6.45) is 14.7. The Morgan fingerprint density at radius 1 is 0.573 bits per heavy atom. The van der Waals surface area contributed by atoms with Gasteiger partial charge in [0.05, 0.1) is 59.0 Å². The van der Waals surface area contributed by atoms with Crippen LogP contribution in [0.1, 0.15) is 118 Å². The molecular formula is C57H72N12O6. The number of pyridine rings is 2. The van der Waals surface area contributed by atoms with Crippen molar-refractivity contribution in [2.24, 2.45) is 11.8 Å². The first-order valence-electron chi connectivity index (χ1n) is 26.3. The number of nitrogens with zero attached hydrogens (tertiary/aromatic N) is 6. The molecule has 2 aliphatic heterocycles. The van der Waals surface area contributed by atoms with Crippen molar-refractivity contribution in [3.63, 3.8) is 0 Å². The number of hydrogen-bond acceptors (Lipinski definition) is 10. The summed E-state index contributed by atoms with van der Waals surface area (Å²) in [7, 11) is 3.43. The van der Waals surface area contributed by atoms with Crippen LogP contribution in [0.25, 0.3) is 33.2 Å². The number of carbonyl (C=O) groups excluding carboxylic acids is 6. The molecule has 0 aliphatic carbocycles. The first kappa shape index (κ1) is 53.8. The molecule has 2 aliphatic rings. The molecule has 2 saturated heterocycles. The molecule has 4 aromatic heterocycles. The lowest BCUT2D eigenvalue weighted by Crippen LogP contribution is -2.54. The minimum absolute atomic E-state index is 0.102. The van der Waals surface area contributed by atoms with E-state index in [1.54, 1.807) is 64.9 Å². The highest BCUT2D eigenvalue weighted by Gasteiger charge is 2.38. The maximum atomic E-state index is 14.0. The van der Waals surface area contributed by atoms with Crippen molar-refractivity contribution in [2.45, 2.75) is 110 Å². The third-order valence-corrected chi connectivity index (χ3v) is 14.9. The zero-order valence-electron chi connectivity index (χ0n) is 44.4. The van der Waals surface area contributed by atoms with Crippen molar-refractivity contribution in [3.05, 3.63) is 120 Å². The number of benzene rings is 2. The summed E-state index contributed by atoms with van der Waals surface area (Å²) in [5.74, 6) is -1.31. The number of hydrogen-bond donors (Lipinski definition) is 6. The largest absolute Gasteiger partial charge is 0.352 e. The summed E-state index contributed by atoms with van der Waals surface area (Å²) in [5, 5.41) is 19.4. The number of nitrogens with one attached hydrogen (secondary N) is 6. The number of likely N-dealkylation sites (N-methyl/N-ethyl adjacent to an activating group) is 2. The van der Waals surface area contributed by atoms with Gasteiger partial charge in [0.1, 0.15) is 12.1 Å². The van der Waals surface area contributed by atoms with Gasteiger partial charge in [-0.25, -0.2) is 0 Å². The molecule has 18 nitrogen and oxygen atoms in total. The Morgan fingerprint density at radius 2 is 0.987 bits per heavy atom. The Labute approximate surface area is 438 Å². The SMILES string of the molecule is CN[C@@H](C)C(=O)N[C@H](C(=O)N1CCC[C@H]1c1cncc(-n2ccc3c(C(=O)NCCCNC(=O)c4cccc5c4ccn5-c4cncc([C@@H]5CCCN5C(=O)[C@@H](NC(=O)[C@H](C)NC)C(C)C)c4)cccc32)c1)C(C)C. The first-order valence-corrected chi connectivity index (χ1v) is 26.3. The van der Waals surface area contributed by atoms with Crippen molar-refractivity contribution < 1.29 is 28.8 Å². The van der Waals surface area contributed by atoms with Gasteiger partial charge in [0.2, 0.25) is 23.6 Å². The Bertz CT molecular complexity index is 2850. The van der Waals surface area contributed by atoms with E-state index < -0.39 is 24.2 Å². The number of rotatable bonds is 20. The van der Waals surface area contributed by atoms with Crippen LogP contribution in [0.4, 0.5) is 0 Å². The molecule has 6 aromatic rings. The van der Waals surface area contributed by atoms with E-state index in [2.05, 4.69) is 41.9 Å². The van der Waals surface area contributed by atoms with E-state index in [9.17, 15) is 28.8 Å². The Kier molecular flexibility index (Phi) is 17.1. The maximum absolute atomic E-state index is 14.0. The fourth-order valence-electron chi connectivity index (χ4n) is 10.3. The van der Waals surface area contributed by atoms with Crippen molar-refractivity contribution in [1.29, 1.82) is 0 Å². The highest BCUT2D eigenvalue weighted by atomic mass is 16.2. The monoisotopic (exact) mass is 1020 g/mol. The van der Waals surface area contributed by atoms with Gasteiger partial charge in [0.25, 0.3) is 11.8 Å². The lowest BCUT2D eigenvalue weighted by atomic mass is 10.00. The van der Waals surface area contributed by atoms with E-state index in [-0.39, 0.29) is 59.4 Å². The fraction of sp³-hybridized carbons (Fsp3) is 0.439. The molecule has 18 heteroatoms. The van der Waals surface area contributed by atoms with E-state index in [1.807, 2.05) is 108 Å². The number of aromatic nitrogens is 4. The van der Waals surface area contributed by atoms with E-state index in [0.29, 0.717) is 43.7 Å². The van der Waals surface area contributed by atoms with Crippen LogP contribution in [0.5, 0.6) is 0 Å². The topological polar surface area (TPSA) is 217 Å². The molecular weight excluding hydrogens is 949 g/mol. The van der Waals surface area contributed by atoms with Crippen LogP contribution in [-0.2, 0) is 19.2 Å². The van der Waals surface area contributed by atoms with Crippen molar-refractivity contribution in [1.82, 2.24) is 60.8 Å². The van der Waals surface area contributed by atoms with Gasteiger partial charge in [-0.2, -0.15) is 0 Å². The molecule has 6 N–H and O–H groups in total. The standard InChI is InChI=1S/C57H72N12O6/c1-34(2)50(64-52(70)36(5)58-7)56(74)68-24-11-18-46(68)38-28-40(32-60-30-38)66-26-20-42-44(14-9-16-48(42)66)54(72)62-22-13-23-63-55(73)45-15-10-17-49-43(45)21-27-67(49)41-29-39(31-61-33-41)47-19-12-25-69(47)57(75)51(35(3)4)65-53(71)37(6)59-8/h9-10,14-17,20-21,26-37,46-47,50-51,58-59H,11-13,18-19,22-25H2,1-8H3,(H,62,72)(H,63,73)(H,64,70)(H,65,71)/t36-,37-,46-,47-,50-,51-/m0/s1. The zero-order chi connectivity index (χ0) is 53.5. The van der Waals surface area contributed by atoms with Crippen molar-refractivity contribution >= 4 is 57.2 Å². The van der Waals surface area contributed by atoms with E-state index in [4.69, 9.17) is 0 Å². The van der Waals surface area contributed by atoms with Crippen LogP contribution in [0.2, 0.25) is 0 Å². The molecule has 0 unspecified atom stereocenters. The summed E-state index contributed by atoms with van der Waals surface area (Å²) in [6.45, 7) is 13.1. The molecule has 6 heterocycles. The zero-order valence-corrected chi connectivity index (χ0v) is 44.4. The molecule has 0 spiro atoms. The van der Waals surface area contributed by atoms with Crippen LogP contribution in [0.15, 0.2) is 97.8 Å². The predicted octanol–water partition coefficient (Wildman–Crippen LogP) is 5.74. The van der Waals surface area contributed by atoms with Gasteiger partial charge < -0.3 is 50.8 Å². The lowest BCUT2D eigenvalue weighted by Gasteiger charge is -2.32. The second kappa shape index (κ2) is 23.8. The molecule has 0 bridgehead atoms. The molecule has 6 amide bonds. The van der Waals surface area contributed by atoms with Gasteiger partial charge in [-0.05, 0) is 132 Å². The van der Waals surface area contributed by atoms with E-state index in [1.165, 1.54) is 0 Å². The third-order valence-electron chi connectivity index (χ3n) is 14.9. The minimum Gasteiger partial charge on any atom is -0.352 e. The van der Waals surface area contributed by atoms with Crippen LogP contribution in [0.3, 0.4) is 0 Å². The van der Waals surface area contributed by atoms with Crippen molar-refractivity contribution in [2.75, 3.05) is 40.3 Å². The number of likely N-dealkylation sites (tertiary alicyclic amines) is 2. The van der Waals surface area contributed by atoms with Gasteiger partial charge in [-0.15, -0.1) is 0 Å². The molecule has 8 rings (SSSR count). The summed E-state index contributed by atoms with van der Waals surface area (Å²) in [5.41, 5.74) is 6.09. The number of carbonyl (C=O) groups is 6. The summed E-state index contributed by atoms with van der Waals surface area (Å²) >= 11 is 0. The van der Waals surface area contributed by atoms with Crippen LogP contribution in [0, 0.1) is 11.8 Å². The average Bonchev–Trinajstić information content (AvgIpc) is 4.27. The quantitative estimate of drug-likeness (QED) is 0.0510. The molecule has 2 fully saturated rings. The number of fused-ring (bicyclic) bond motifs is 2. The minimum atomic E-state index is -0.658. The average molecular weight is 1020 g/mol. The maximum Gasteiger partial charge on any atom is 0.251 e. The van der Waals surface area contributed by atoms with E-state index >= 15 is 0 Å². The van der Waals surface area contributed by atoms with Gasteiger partial charge in [-0.1, -0.05) is 39.8 Å². The van der Waals surface area contributed by atoms with Crippen LogP contribution >= 0.6 is 0 Å². The normalized spacial score (nSPS) is 17.3. The molecule has 75 heavy (non-hydrogen) atoms. The Balaban J connectivity index is 0.876. The van der Waals surface area contributed by atoms with Gasteiger partial charge in [-0.3, -0.25) is 38.7 Å². The summed E-state index contributed by atoms with van der Waals surface area (Å²) in [4.78, 5) is 93.9. The predicted molar refractivity (Wildman–Crippen MR) is 289 cm³/mol. The third kappa shape index (κ3) is 11.6. The molecule has 396 valence electrons. The number of amides is 6.